The van der Waals surface area contributed by atoms with Crippen LogP contribution in [0.25, 0.3) is 0 Å². The van der Waals surface area contributed by atoms with Gasteiger partial charge in [-0.25, -0.2) is 4.79 Å². The summed E-state index contributed by atoms with van der Waals surface area (Å²) in [5.41, 5.74) is 0.599. The van der Waals surface area contributed by atoms with Gasteiger partial charge in [-0.15, -0.1) is 11.8 Å². The first-order valence-corrected chi connectivity index (χ1v) is 6.75. The fourth-order valence-electron chi connectivity index (χ4n) is 1.47. The first kappa shape index (κ1) is 12.7. The van der Waals surface area contributed by atoms with Crippen molar-refractivity contribution in [1.29, 1.82) is 0 Å². The Hall–Kier alpha value is -1.74. The fourth-order valence-corrected chi connectivity index (χ4v) is 2.22. The monoisotopic (exact) mass is 258 g/mol. The van der Waals surface area contributed by atoms with Crippen LogP contribution in [-0.4, -0.2) is 18.3 Å². The van der Waals surface area contributed by atoms with Gasteiger partial charge in [0.1, 0.15) is 6.61 Å². The molecule has 0 unspecified atom stereocenters. The number of rotatable bonds is 5. The first-order valence-electron chi connectivity index (χ1n) is 5.76. The lowest BCUT2D eigenvalue weighted by atomic mass is 10.2. The molecule has 0 radical (unpaired) electrons. The van der Waals surface area contributed by atoms with Crippen molar-refractivity contribution < 1.29 is 9.53 Å². The van der Waals surface area contributed by atoms with Crippen LogP contribution >= 0.6 is 11.8 Å². The largest absolute Gasteiger partial charge is 0.461 e. The predicted octanol–water partition coefficient (Wildman–Crippen LogP) is 3.64. The molecule has 2 nitrogen and oxygen atoms in total. The second-order valence-corrected chi connectivity index (χ2v) is 4.83. The molecule has 2 aromatic rings. The van der Waals surface area contributed by atoms with Gasteiger partial charge in [-0.1, -0.05) is 36.4 Å². The highest BCUT2D eigenvalue weighted by Gasteiger charge is 2.05. The molecule has 0 saturated carbocycles. The maximum absolute atomic E-state index is 11.6. The van der Waals surface area contributed by atoms with Gasteiger partial charge in [0.25, 0.3) is 0 Å². The van der Waals surface area contributed by atoms with Crippen LogP contribution in [0.1, 0.15) is 10.4 Å². The quantitative estimate of drug-likeness (QED) is 0.465. The van der Waals surface area contributed by atoms with E-state index in [0.717, 1.165) is 5.75 Å². The van der Waals surface area contributed by atoms with E-state index < -0.39 is 0 Å². The zero-order valence-corrected chi connectivity index (χ0v) is 10.7. The Balaban J connectivity index is 1.72. The van der Waals surface area contributed by atoms with E-state index in [1.54, 1.807) is 23.9 Å². The molecule has 0 amide bonds. The van der Waals surface area contributed by atoms with Gasteiger partial charge < -0.3 is 4.74 Å². The molecule has 0 bridgehead atoms. The molecule has 0 atom stereocenters. The summed E-state index contributed by atoms with van der Waals surface area (Å²) in [5.74, 6) is 0.507. The van der Waals surface area contributed by atoms with Crippen LogP contribution in [0.2, 0.25) is 0 Å². The summed E-state index contributed by atoms with van der Waals surface area (Å²) >= 11 is 1.68. The van der Waals surface area contributed by atoms with Crippen molar-refractivity contribution in [3.05, 3.63) is 66.2 Å². The minimum atomic E-state index is -0.260. The number of ether oxygens (including phenoxy) is 1. The molecule has 2 rings (SSSR count). The summed E-state index contributed by atoms with van der Waals surface area (Å²) in [6, 6.07) is 19.1. The molecule has 0 fully saturated rings. The lowest BCUT2D eigenvalue weighted by molar-refractivity contribution is 0.0530. The standard InChI is InChI=1S/C15H14O2S/c16-15(13-7-3-1-4-8-13)17-11-12-18-14-9-5-2-6-10-14/h1-10H,11-12H2. The van der Waals surface area contributed by atoms with Gasteiger partial charge in [0.05, 0.1) is 5.56 Å². The van der Waals surface area contributed by atoms with E-state index >= 15 is 0 Å². The normalized spacial score (nSPS) is 10.0. The second kappa shape index (κ2) is 6.87. The Morgan fingerprint density at radius 1 is 0.944 bits per heavy atom. The molecule has 0 aliphatic carbocycles. The van der Waals surface area contributed by atoms with Gasteiger partial charge in [-0.05, 0) is 24.3 Å². The van der Waals surface area contributed by atoms with E-state index in [0.29, 0.717) is 12.2 Å². The molecule has 0 aliphatic rings. The maximum atomic E-state index is 11.6. The van der Waals surface area contributed by atoms with Crippen LogP contribution in [0.3, 0.4) is 0 Å². The maximum Gasteiger partial charge on any atom is 0.338 e. The van der Waals surface area contributed by atoms with Gasteiger partial charge in [-0.2, -0.15) is 0 Å². The molecule has 0 aromatic heterocycles. The average molecular weight is 258 g/mol. The number of benzene rings is 2. The minimum absolute atomic E-state index is 0.260. The summed E-state index contributed by atoms with van der Waals surface area (Å²) in [7, 11) is 0. The average Bonchev–Trinajstić information content (AvgIpc) is 2.45. The molecule has 0 N–H and O–H groups in total. The van der Waals surface area contributed by atoms with Gasteiger partial charge >= 0.3 is 5.97 Å². The highest BCUT2D eigenvalue weighted by molar-refractivity contribution is 7.99. The zero-order chi connectivity index (χ0) is 12.6. The zero-order valence-electron chi connectivity index (χ0n) is 9.91. The first-order chi connectivity index (χ1) is 8.86. The number of esters is 1. The summed E-state index contributed by atoms with van der Waals surface area (Å²) in [6.45, 7) is 0.424. The Labute approximate surface area is 111 Å². The SMILES string of the molecule is O=C(OCCSc1ccccc1)c1ccccc1. The van der Waals surface area contributed by atoms with Crippen LogP contribution in [0, 0.1) is 0 Å². The topological polar surface area (TPSA) is 26.3 Å². The molecular formula is C15H14O2S. The van der Waals surface area contributed by atoms with Crippen molar-refractivity contribution in [2.24, 2.45) is 0 Å². The van der Waals surface area contributed by atoms with Crippen LogP contribution in [0.5, 0.6) is 0 Å². The van der Waals surface area contributed by atoms with Crippen molar-refractivity contribution in [2.75, 3.05) is 12.4 Å². The van der Waals surface area contributed by atoms with Crippen LogP contribution in [-0.2, 0) is 4.74 Å². The van der Waals surface area contributed by atoms with Gasteiger partial charge in [0.15, 0.2) is 0 Å². The molecule has 0 heterocycles. The Morgan fingerprint density at radius 2 is 1.56 bits per heavy atom. The van der Waals surface area contributed by atoms with Crippen LogP contribution in [0.15, 0.2) is 65.6 Å². The number of hydrogen-bond acceptors (Lipinski definition) is 3. The van der Waals surface area contributed by atoms with Crippen molar-refractivity contribution in [3.63, 3.8) is 0 Å². The van der Waals surface area contributed by atoms with Crippen molar-refractivity contribution in [3.8, 4) is 0 Å². The molecule has 3 heteroatoms. The molecule has 0 aliphatic heterocycles. The smallest absolute Gasteiger partial charge is 0.338 e. The van der Waals surface area contributed by atoms with Gasteiger partial charge in [0, 0.05) is 10.6 Å². The highest BCUT2D eigenvalue weighted by atomic mass is 32.2. The lowest BCUT2D eigenvalue weighted by Crippen LogP contribution is -2.07. The Bertz CT molecular complexity index is 482. The number of carbonyl (C=O) groups is 1. The second-order valence-electron chi connectivity index (χ2n) is 3.66. The van der Waals surface area contributed by atoms with E-state index in [1.807, 2.05) is 48.5 Å². The van der Waals surface area contributed by atoms with E-state index in [-0.39, 0.29) is 5.97 Å². The Kier molecular flexibility index (Phi) is 4.85. The molecule has 92 valence electrons. The summed E-state index contributed by atoms with van der Waals surface area (Å²) < 4.78 is 5.19. The molecule has 0 spiro atoms. The van der Waals surface area contributed by atoms with Crippen LogP contribution in [0.4, 0.5) is 0 Å². The van der Waals surface area contributed by atoms with E-state index in [2.05, 4.69) is 0 Å². The van der Waals surface area contributed by atoms with E-state index in [4.69, 9.17) is 4.74 Å². The summed E-state index contributed by atoms with van der Waals surface area (Å²) in [6.07, 6.45) is 0. The van der Waals surface area contributed by atoms with Crippen molar-refractivity contribution >= 4 is 17.7 Å². The van der Waals surface area contributed by atoms with Crippen LogP contribution < -0.4 is 0 Å². The highest BCUT2D eigenvalue weighted by Crippen LogP contribution is 2.16. The van der Waals surface area contributed by atoms with Crippen molar-refractivity contribution in [2.45, 2.75) is 4.90 Å². The van der Waals surface area contributed by atoms with Gasteiger partial charge in [0.2, 0.25) is 0 Å². The third-order valence-corrected chi connectivity index (χ3v) is 3.31. The predicted molar refractivity (Wildman–Crippen MR) is 73.9 cm³/mol. The van der Waals surface area contributed by atoms with E-state index in [9.17, 15) is 4.79 Å². The minimum Gasteiger partial charge on any atom is -0.461 e. The van der Waals surface area contributed by atoms with Crippen molar-refractivity contribution in [1.82, 2.24) is 0 Å². The molecule has 0 saturated heterocycles. The van der Waals surface area contributed by atoms with Gasteiger partial charge in [-0.3, -0.25) is 0 Å². The van der Waals surface area contributed by atoms with E-state index in [1.165, 1.54) is 4.90 Å². The third kappa shape index (κ3) is 3.93. The Morgan fingerprint density at radius 3 is 2.22 bits per heavy atom. The third-order valence-electron chi connectivity index (χ3n) is 2.34. The molecular weight excluding hydrogens is 244 g/mol. The summed E-state index contributed by atoms with van der Waals surface area (Å²) in [5, 5.41) is 0. The number of thioether (sulfide) groups is 1. The molecule has 2 aromatic carbocycles. The molecule has 18 heavy (non-hydrogen) atoms. The summed E-state index contributed by atoms with van der Waals surface area (Å²) in [4.78, 5) is 12.8. The number of carbonyl (C=O) groups excluding carboxylic acids is 1. The lowest BCUT2D eigenvalue weighted by Gasteiger charge is -2.04. The number of hydrogen-bond donors (Lipinski definition) is 0. The fraction of sp³-hybridized carbons (Fsp3) is 0.133.